The first kappa shape index (κ1) is 13.1. The van der Waals surface area contributed by atoms with Gasteiger partial charge in [-0.25, -0.2) is 4.98 Å². The van der Waals surface area contributed by atoms with E-state index >= 15 is 0 Å². The molecular formula is C14H17N3O2. The number of fused-ring (bicyclic) bond motifs is 1. The Morgan fingerprint density at radius 3 is 2.84 bits per heavy atom. The number of aryl methyl sites for hydroxylation is 1. The number of rotatable bonds is 4. The van der Waals surface area contributed by atoms with Crippen LogP contribution in [0.1, 0.15) is 5.56 Å². The molecule has 0 radical (unpaired) electrons. The van der Waals surface area contributed by atoms with Gasteiger partial charge in [0, 0.05) is 24.9 Å². The maximum Gasteiger partial charge on any atom is 0.323 e. The van der Waals surface area contributed by atoms with E-state index in [-0.39, 0.29) is 6.54 Å². The summed E-state index contributed by atoms with van der Waals surface area (Å²) in [5.74, 6) is -0.182. The third-order valence-corrected chi connectivity index (χ3v) is 3.11. The fourth-order valence-electron chi connectivity index (χ4n) is 2.22. The number of aromatic nitrogens is 1. The number of carboxylic acids is 1. The molecule has 0 fully saturated rings. The van der Waals surface area contributed by atoms with E-state index in [0.717, 1.165) is 22.0 Å². The van der Waals surface area contributed by atoms with Crippen LogP contribution in [-0.4, -0.2) is 36.7 Å². The van der Waals surface area contributed by atoms with Crippen molar-refractivity contribution in [2.45, 2.75) is 6.92 Å². The Labute approximate surface area is 111 Å². The molecule has 100 valence electrons. The zero-order valence-corrected chi connectivity index (χ0v) is 11.3. The molecular weight excluding hydrogens is 242 g/mol. The summed E-state index contributed by atoms with van der Waals surface area (Å²) >= 11 is 0. The number of likely N-dealkylation sites (N-methyl/N-ethyl adjacent to an activating group) is 1. The molecule has 0 amide bonds. The number of nitrogens with zero attached hydrogens (tertiary/aromatic N) is 2. The van der Waals surface area contributed by atoms with Crippen LogP contribution in [0.4, 0.5) is 11.5 Å². The summed E-state index contributed by atoms with van der Waals surface area (Å²) in [5.41, 5.74) is 2.01. The Hall–Kier alpha value is -2.30. The zero-order valence-electron chi connectivity index (χ0n) is 11.3. The van der Waals surface area contributed by atoms with Crippen molar-refractivity contribution in [1.82, 2.24) is 4.98 Å². The predicted molar refractivity (Wildman–Crippen MR) is 76.9 cm³/mol. The van der Waals surface area contributed by atoms with Gasteiger partial charge in [-0.3, -0.25) is 4.79 Å². The Morgan fingerprint density at radius 2 is 2.21 bits per heavy atom. The van der Waals surface area contributed by atoms with Crippen LogP contribution in [0.2, 0.25) is 0 Å². The van der Waals surface area contributed by atoms with E-state index in [0.29, 0.717) is 5.82 Å². The molecule has 2 rings (SSSR count). The third-order valence-electron chi connectivity index (χ3n) is 3.11. The van der Waals surface area contributed by atoms with Crippen molar-refractivity contribution < 1.29 is 9.90 Å². The van der Waals surface area contributed by atoms with E-state index in [4.69, 9.17) is 5.11 Å². The number of carboxylic acid groups (broad SMARTS) is 1. The van der Waals surface area contributed by atoms with Gasteiger partial charge in [0.15, 0.2) is 0 Å². The molecule has 0 spiro atoms. The van der Waals surface area contributed by atoms with Crippen LogP contribution in [0, 0.1) is 6.92 Å². The van der Waals surface area contributed by atoms with Gasteiger partial charge in [-0.2, -0.15) is 0 Å². The minimum atomic E-state index is -0.872. The molecule has 0 aliphatic rings. The molecule has 5 nitrogen and oxygen atoms in total. The van der Waals surface area contributed by atoms with Crippen LogP contribution in [0.25, 0.3) is 10.8 Å². The van der Waals surface area contributed by atoms with E-state index in [2.05, 4.69) is 10.3 Å². The first-order valence-corrected chi connectivity index (χ1v) is 6.03. The SMILES string of the molecule is CNc1cnc(N(C)CC(=O)O)c2c(C)cccc12. The summed E-state index contributed by atoms with van der Waals surface area (Å²) in [7, 11) is 3.58. The number of carbonyl (C=O) groups is 1. The molecule has 2 N–H and O–H groups in total. The summed E-state index contributed by atoms with van der Waals surface area (Å²) in [6, 6.07) is 6.00. The zero-order chi connectivity index (χ0) is 14.0. The second kappa shape index (κ2) is 5.14. The molecule has 5 heteroatoms. The number of hydrogen-bond acceptors (Lipinski definition) is 4. The molecule has 0 unspecified atom stereocenters. The molecule has 0 aliphatic heterocycles. The maximum absolute atomic E-state index is 10.8. The topological polar surface area (TPSA) is 65.5 Å². The van der Waals surface area contributed by atoms with Gasteiger partial charge in [0.2, 0.25) is 0 Å². The fourth-order valence-corrected chi connectivity index (χ4v) is 2.22. The van der Waals surface area contributed by atoms with Crippen molar-refractivity contribution in [3.05, 3.63) is 30.0 Å². The molecule has 1 aromatic heterocycles. The highest BCUT2D eigenvalue weighted by atomic mass is 16.4. The van der Waals surface area contributed by atoms with Gasteiger partial charge in [0.25, 0.3) is 0 Å². The summed E-state index contributed by atoms with van der Waals surface area (Å²) in [6.07, 6.45) is 1.73. The van der Waals surface area contributed by atoms with E-state index in [1.165, 1.54) is 0 Å². The summed E-state index contributed by atoms with van der Waals surface area (Å²) in [4.78, 5) is 16.9. The van der Waals surface area contributed by atoms with Gasteiger partial charge < -0.3 is 15.3 Å². The minimum absolute atomic E-state index is 0.0741. The van der Waals surface area contributed by atoms with Gasteiger partial charge in [-0.1, -0.05) is 18.2 Å². The number of benzene rings is 1. The van der Waals surface area contributed by atoms with Crippen LogP contribution < -0.4 is 10.2 Å². The Balaban J connectivity index is 2.65. The molecule has 19 heavy (non-hydrogen) atoms. The van der Waals surface area contributed by atoms with Crippen LogP contribution in [0.3, 0.4) is 0 Å². The van der Waals surface area contributed by atoms with E-state index < -0.39 is 5.97 Å². The molecule has 2 aromatic rings. The lowest BCUT2D eigenvalue weighted by molar-refractivity contribution is -0.135. The minimum Gasteiger partial charge on any atom is -0.480 e. The highest BCUT2D eigenvalue weighted by Gasteiger charge is 2.14. The normalized spacial score (nSPS) is 10.5. The molecule has 1 aromatic carbocycles. The number of pyridine rings is 1. The lowest BCUT2D eigenvalue weighted by Gasteiger charge is -2.20. The summed E-state index contributed by atoms with van der Waals surface area (Å²) in [6.45, 7) is 1.93. The van der Waals surface area contributed by atoms with Crippen molar-refractivity contribution in [3.8, 4) is 0 Å². The maximum atomic E-state index is 10.8. The summed E-state index contributed by atoms with van der Waals surface area (Å²) < 4.78 is 0. The van der Waals surface area contributed by atoms with Gasteiger partial charge in [0.05, 0.1) is 11.9 Å². The summed E-state index contributed by atoms with van der Waals surface area (Å²) in [5, 5.41) is 14.0. The Bertz CT molecular complexity index is 625. The first-order chi connectivity index (χ1) is 9.04. The molecule has 0 bridgehead atoms. The number of hydrogen-bond donors (Lipinski definition) is 2. The number of nitrogens with one attached hydrogen (secondary N) is 1. The molecule has 1 heterocycles. The molecule has 0 saturated heterocycles. The van der Waals surface area contributed by atoms with Crippen molar-refractivity contribution in [3.63, 3.8) is 0 Å². The molecule has 0 atom stereocenters. The van der Waals surface area contributed by atoms with Crippen molar-refractivity contribution in [2.75, 3.05) is 30.9 Å². The van der Waals surface area contributed by atoms with Gasteiger partial charge in [0.1, 0.15) is 12.4 Å². The van der Waals surface area contributed by atoms with Crippen molar-refractivity contribution in [1.29, 1.82) is 0 Å². The van der Waals surface area contributed by atoms with E-state index in [1.54, 1.807) is 18.1 Å². The number of anilines is 2. The largest absolute Gasteiger partial charge is 0.480 e. The van der Waals surface area contributed by atoms with Gasteiger partial charge in [-0.15, -0.1) is 0 Å². The smallest absolute Gasteiger partial charge is 0.323 e. The predicted octanol–water partition coefficient (Wildman–Crippen LogP) is 2.11. The van der Waals surface area contributed by atoms with E-state index in [9.17, 15) is 4.79 Å². The standard InChI is InChI=1S/C14H17N3O2/c1-9-5-4-6-10-11(15-2)7-16-14(13(9)10)17(3)8-12(18)19/h4-7,15H,8H2,1-3H3,(H,18,19). The monoisotopic (exact) mass is 259 g/mol. The highest BCUT2D eigenvalue weighted by molar-refractivity contribution is 6.02. The van der Waals surface area contributed by atoms with Gasteiger partial charge >= 0.3 is 5.97 Å². The highest BCUT2D eigenvalue weighted by Crippen LogP contribution is 2.31. The van der Waals surface area contributed by atoms with Crippen LogP contribution in [-0.2, 0) is 4.79 Å². The van der Waals surface area contributed by atoms with Crippen LogP contribution in [0.5, 0.6) is 0 Å². The molecule has 0 saturated carbocycles. The number of aliphatic carboxylic acids is 1. The van der Waals surface area contributed by atoms with Crippen LogP contribution >= 0.6 is 0 Å². The van der Waals surface area contributed by atoms with E-state index in [1.807, 2.05) is 32.2 Å². The lowest BCUT2D eigenvalue weighted by Crippen LogP contribution is -2.26. The van der Waals surface area contributed by atoms with Crippen molar-refractivity contribution in [2.24, 2.45) is 0 Å². The second-order valence-corrected chi connectivity index (χ2v) is 4.49. The van der Waals surface area contributed by atoms with Gasteiger partial charge in [-0.05, 0) is 12.5 Å². The second-order valence-electron chi connectivity index (χ2n) is 4.49. The Kier molecular flexibility index (Phi) is 3.55. The quantitative estimate of drug-likeness (QED) is 0.880. The van der Waals surface area contributed by atoms with Crippen LogP contribution in [0.15, 0.2) is 24.4 Å². The fraction of sp³-hybridized carbons (Fsp3) is 0.286. The Morgan fingerprint density at radius 1 is 1.47 bits per heavy atom. The average Bonchev–Trinajstić information content (AvgIpc) is 2.37. The third kappa shape index (κ3) is 2.45. The lowest BCUT2D eigenvalue weighted by atomic mass is 10.1. The van der Waals surface area contributed by atoms with Crippen molar-refractivity contribution >= 4 is 28.2 Å². The first-order valence-electron chi connectivity index (χ1n) is 6.03. The average molecular weight is 259 g/mol. The molecule has 0 aliphatic carbocycles.